The third kappa shape index (κ3) is 2.78. The number of ether oxygens (including phenoxy) is 1. The van der Waals surface area contributed by atoms with E-state index in [0.717, 1.165) is 17.0 Å². The Morgan fingerprint density at radius 2 is 1.68 bits per heavy atom. The Kier molecular flexibility index (Phi) is 4.08. The molecule has 0 saturated heterocycles. The van der Waals surface area contributed by atoms with Crippen LogP contribution < -0.4 is 10.5 Å². The van der Waals surface area contributed by atoms with Gasteiger partial charge >= 0.3 is 0 Å². The Morgan fingerprint density at radius 1 is 1.00 bits per heavy atom. The molecule has 1 atom stereocenters. The van der Waals surface area contributed by atoms with Gasteiger partial charge in [-0.15, -0.1) is 0 Å². The van der Waals surface area contributed by atoms with Crippen LogP contribution in [0.15, 0.2) is 71.5 Å². The number of benzene rings is 3. The molecule has 1 aliphatic heterocycles. The third-order valence-electron chi connectivity index (χ3n) is 4.78. The van der Waals surface area contributed by atoms with Gasteiger partial charge in [0.25, 0.3) is 5.69 Å². The molecule has 8 heteroatoms. The minimum atomic E-state index is -3.80. The lowest BCUT2D eigenvalue weighted by atomic mass is 9.86. The summed E-state index contributed by atoms with van der Waals surface area (Å²) in [6, 6.07) is 17.1. The molecule has 28 heavy (non-hydrogen) atoms. The number of nitrogens with zero attached hydrogens (tertiary/aromatic N) is 1. The molecule has 0 amide bonds. The number of para-hydroxylation sites is 1. The lowest BCUT2D eigenvalue weighted by molar-refractivity contribution is -0.385. The Balaban J connectivity index is 2.10. The number of hydrogen-bond acceptors (Lipinski definition) is 6. The molecule has 2 N–H and O–H groups in total. The van der Waals surface area contributed by atoms with Crippen molar-refractivity contribution in [3.63, 3.8) is 0 Å². The number of sulfone groups is 1. The zero-order valence-corrected chi connectivity index (χ0v) is 15.6. The van der Waals surface area contributed by atoms with E-state index in [1.807, 2.05) is 30.3 Å². The number of nitro groups is 1. The van der Waals surface area contributed by atoms with Gasteiger partial charge in [-0.05, 0) is 5.39 Å². The van der Waals surface area contributed by atoms with Gasteiger partial charge in [-0.1, -0.05) is 54.6 Å². The summed E-state index contributed by atoms with van der Waals surface area (Å²) < 4.78 is 30.8. The molecule has 0 spiro atoms. The first kappa shape index (κ1) is 18.0. The summed E-state index contributed by atoms with van der Waals surface area (Å²) in [5.74, 6) is -0.800. The van der Waals surface area contributed by atoms with Crippen molar-refractivity contribution in [3.8, 4) is 5.75 Å². The second-order valence-corrected chi connectivity index (χ2v) is 8.54. The average Bonchev–Trinajstić information content (AvgIpc) is 2.66. The molecule has 0 aromatic heterocycles. The van der Waals surface area contributed by atoms with Crippen molar-refractivity contribution in [1.82, 2.24) is 0 Å². The summed E-state index contributed by atoms with van der Waals surface area (Å²) in [6.07, 6.45) is 1.02. The maximum absolute atomic E-state index is 12.5. The molecule has 0 bridgehead atoms. The van der Waals surface area contributed by atoms with Crippen LogP contribution in [0, 0.1) is 10.1 Å². The predicted octanol–water partition coefficient (Wildman–Crippen LogP) is 3.44. The Bertz CT molecular complexity index is 1260. The Labute approximate surface area is 161 Å². The summed E-state index contributed by atoms with van der Waals surface area (Å²) in [4.78, 5) is 10.9. The normalized spacial score (nSPS) is 16.5. The van der Waals surface area contributed by atoms with E-state index >= 15 is 0 Å². The summed E-state index contributed by atoms with van der Waals surface area (Å²) in [5, 5.41) is 13.2. The Morgan fingerprint density at radius 3 is 2.39 bits per heavy atom. The second kappa shape index (κ2) is 6.35. The van der Waals surface area contributed by atoms with Crippen molar-refractivity contribution < 1.29 is 18.1 Å². The van der Waals surface area contributed by atoms with E-state index in [1.54, 1.807) is 18.2 Å². The van der Waals surface area contributed by atoms with Crippen molar-refractivity contribution >= 4 is 26.3 Å². The molecule has 142 valence electrons. The monoisotopic (exact) mass is 396 g/mol. The van der Waals surface area contributed by atoms with E-state index < -0.39 is 20.7 Å². The van der Waals surface area contributed by atoms with Gasteiger partial charge in [-0.2, -0.15) is 0 Å². The summed E-state index contributed by atoms with van der Waals surface area (Å²) >= 11 is 0. The van der Waals surface area contributed by atoms with Crippen LogP contribution >= 0.6 is 0 Å². The molecule has 1 heterocycles. The van der Waals surface area contributed by atoms with Gasteiger partial charge in [-0.25, -0.2) is 8.42 Å². The van der Waals surface area contributed by atoms with Crippen molar-refractivity contribution in [2.24, 2.45) is 5.73 Å². The summed E-state index contributed by atoms with van der Waals surface area (Å²) in [7, 11) is -3.80. The van der Waals surface area contributed by atoms with Gasteiger partial charge in [0.15, 0.2) is 9.84 Å². The van der Waals surface area contributed by atoms with Crippen LogP contribution in [0.25, 0.3) is 10.8 Å². The van der Waals surface area contributed by atoms with E-state index in [2.05, 4.69) is 0 Å². The molecule has 0 aliphatic carbocycles. The maximum Gasteiger partial charge on any atom is 0.273 e. The minimum Gasteiger partial charge on any atom is -0.440 e. The van der Waals surface area contributed by atoms with Gasteiger partial charge in [0.1, 0.15) is 10.7 Å². The van der Waals surface area contributed by atoms with Gasteiger partial charge < -0.3 is 10.5 Å². The van der Waals surface area contributed by atoms with Gasteiger partial charge in [0.05, 0.1) is 10.8 Å². The number of hydrogen-bond donors (Lipinski definition) is 1. The molecule has 1 unspecified atom stereocenters. The lowest BCUT2D eigenvalue weighted by Gasteiger charge is -2.29. The lowest BCUT2D eigenvalue weighted by Crippen LogP contribution is -2.26. The van der Waals surface area contributed by atoms with Crippen LogP contribution in [0.4, 0.5) is 5.69 Å². The van der Waals surface area contributed by atoms with Crippen LogP contribution in [0.2, 0.25) is 0 Å². The largest absolute Gasteiger partial charge is 0.440 e. The SMILES string of the molecule is CS(=O)(=O)C1=C(N)Oc2c(ccc3ccccc23)C1c1ccccc1[N+](=O)[O-]. The number of rotatable bonds is 3. The smallest absolute Gasteiger partial charge is 0.273 e. The maximum atomic E-state index is 12.5. The van der Waals surface area contributed by atoms with Crippen LogP contribution in [0.5, 0.6) is 5.75 Å². The molecule has 3 aromatic rings. The number of nitrogens with two attached hydrogens (primary N) is 1. The molecule has 0 fully saturated rings. The van der Waals surface area contributed by atoms with Crippen molar-refractivity contribution in [1.29, 1.82) is 0 Å². The zero-order chi connectivity index (χ0) is 20.1. The number of fused-ring (bicyclic) bond motifs is 3. The van der Waals surface area contributed by atoms with Crippen LogP contribution in [-0.2, 0) is 9.84 Å². The van der Waals surface area contributed by atoms with Gasteiger partial charge in [-0.3, -0.25) is 10.1 Å². The summed E-state index contributed by atoms with van der Waals surface area (Å²) in [5.41, 5.74) is 6.62. The summed E-state index contributed by atoms with van der Waals surface area (Å²) in [6.45, 7) is 0. The second-order valence-electron chi connectivity index (χ2n) is 6.56. The molecule has 0 saturated carbocycles. The molecule has 7 nitrogen and oxygen atoms in total. The standard InChI is InChI=1S/C20H16N2O5S/c1-28(25,26)19-17(14-8-4-5-9-16(14)22(23)24)15-11-10-12-6-2-3-7-13(12)18(15)27-20(19)21/h2-11,17H,21H2,1H3. The first-order valence-electron chi connectivity index (χ1n) is 8.41. The van der Waals surface area contributed by atoms with Gasteiger partial charge in [0, 0.05) is 28.8 Å². The molecule has 0 radical (unpaired) electrons. The molecule has 1 aliphatic rings. The highest BCUT2D eigenvalue weighted by Crippen LogP contribution is 2.48. The fourth-order valence-corrected chi connectivity index (χ4v) is 4.74. The quantitative estimate of drug-likeness (QED) is 0.536. The third-order valence-corrected chi connectivity index (χ3v) is 6.02. The first-order chi connectivity index (χ1) is 13.3. The number of allylic oxidation sites excluding steroid dienone is 1. The minimum absolute atomic E-state index is 0.176. The van der Waals surface area contributed by atoms with Crippen LogP contribution in [0.3, 0.4) is 0 Å². The predicted molar refractivity (Wildman–Crippen MR) is 106 cm³/mol. The molecule has 4 rings (SSSR count). The van der Waals surface area contributed by atoms with E-state index in [-0.39, 0.29) is 22.0 Å². The van der Waals surface area contributed by atoms with E-state index in [1.165, 1.54) is 12.1 Å². The molecular weight excluding hydrogens is 380 g/mol. The highest BCUT2D eigenvalue weighted by molar-refractivity contribution is 7.94. The highest BCUT2D eigenvalue weighted by Gasteiger charge is 2.39. The van der Waals surface area contributed by atoms with E-state index in [4.69, 9.17) is 10.5 Å². The molecule has 3 aromatic carbocycles. The molecular formula is C20H16N2O5S. The first-order valence-corrected chi connectivity index (χ1v) is 10.3. The van der Waals surface area contributed by atoms with Crippen molar-refractivity contribution in [2.75, 3.05) is 6.26 Å². The average molecular weight is 396 g/mol. The topological polar surface area (TPSA) is 113 Å². The van der Waals surface area contributed by atoms with E-state index in [9.17, 15) is 18.5 Å². The van der Waals surface area contributed by atoms with Crippen molar-refractivity contribution in [3.05, 3.63) is 92.7 Å². The Hall–Kier alpha value is -3.39. The van der Waals surface area contributed by atoms with Crippen LogP contribution in [-0.4, -0.2) is 19.6 Å². The highest BCUT2D eigenvalue weighted by atomic mass is 32.2. The van der Waals surface area contributed by atoms with Gasteiger partial charge in [0.2, 0.25) is 5.88 Å². The number of nitro benzene ring substituents is 1. The fourth-order valence-electron chi connectivity index (χ4n) is 3.65. The van der Waals surface area contributed by atoms with Crippen LogP contribution in [0.1, 0.15) is 17.0 Å². The van der Waals surface area contributed by atoms with Crippen molar-refractivity contribution in [2.45, 2.75) is 5.92 Å². The van der Waals surface area contributed by atoms with E-state index in [0.29, 0.717) is 11.3 Å². The fraction of sp³-hybridized carbons (Fsp3) is 0.100. The zero-order valence-electron chi connectivity index (χ0n) is 14.8.